The number of nitrogens with zero attached hydrogens (tertiary/aromatic N) is 1. The van der Waals surface area contributed by atoms with Crippen LogP contribution in [0.25, 0.3) is 0 Å². The molecule has 2 heterocycles. The van der Waals surface area contributed by atoms with Crippen molar-refractivity contribution in [3.05, 3.63) is 17.9 Å². The van der Waals surface area contributed by atoms with Crippen molar-refractivity contribution >= 4 is 10.0 Å². The van der Waals surface area contributed by atoms with Gasteiger partial charge in [-0.1, -0.05) is 20.8 Å². The van der Waals surface area contributed by atoms with E-state index in [1.165, 1.54) is 0 Å². The second kappa shape index (κ2) is 6.28. The van der Waals surface area contributed by atoms with Crippen molar-refractivity contribution in [1.29, 1.82) is 0 Å². The number of nitrogens with one attached hydrogen (secondary N) is 1. The van der Waals surface area contributed by atoms with Gasteiger partial charge in [0.1, 0.15) is 5.76 Å². The molecule has 6 heteroatoms. The molecule has 0 spiro atoms. The van der Waals surface area contributed by atoms with E-state index in [1.54, 1.807) is 16.4 Å². The van der Waals surface area contributed by atoms with Gasteiger partial charge >= 0.3 is 0 Å². The monoisotopic (exact) mass is 300 g/mol. The van der Waals surface area contributed by atoms with Crippen LogP contribution in [0.15, 0.2) is 21.6 Å². The number of rotatable bonds is 5. The molecule has 2 atom stereocenters. The van der Waals surface area contributed by atoms with Gasteiger partial charge in [0.2, 0.25) is 5.09 Å². The third kappa shape index (κ3) is 3.42. The van der Waals surface area contributed by atoms with Crippen molar-refractivity contribution < 1.29 is 12.8 Å². The van der Waals surface area contributed by atoms with Crippen LogP contribution in [-0.2, 0) is 16.6 Å². The highest BCUT2D eigenvalue weighted by atomic mass is 32.2. The predicted molar refractivity (Wildman–Crippen MR) is 77.8 cm³/mol. The number of sulfonamides is 1. The summed E-state index contributed by atoms with van der Waals surface area (Å²) in [4.78, 5) is 0. The SMILES string of the molecule is CCNCc1ccc(S(=O)(=O)N2CC(C)CC(C)C2)o1. The highest BCUT2D eigenvalue weighted by Gasteiger charge is 2.33. The summed E-state index contributed by atoms with van der Waals surface area (Å²) in [5, 5.41) is 3.18. The maximum absolute atomic E-state index is 12.6. The molecule has 1 aliphatic heterocycles. The fourth-order valence-electron chi connectivity index (χ4n) is 2.77. The lowest BCUT2D eigenvalue weighted by Crippen LogP contribution is -2.42. The van der Waals surface area contributed by atoms with Crippen molar-refractivity contribution in [2.24, 2.45) is 11.8 Å². The van der Waals surface area contributed by atoms with Crippen LogP contribution < -0.4 is 5.32 Å². The summed E-state index contributed by atoms with van der Waals surface area (Å²) in [6, 6.07) is 3.29. The first-order chi connectivity index (χ1) is 9.43. The maximum atomic E-state index is 12.6. The summed E-state index contributed by atoms with van der Waals surface area (Å²) >= 11 is 0. The Morgan fingerprint density at radius 3 is 2.55 bits per heavy atom. The molecular formula is C14H24N2O3S. The quantitative estimate of drug-likeness (QED) is 0.904. The van der Waals surface area contributed by atoms with E-state index in [9.17, 15) is 8.42 Å². The predicted octanol–water partition coefficient (Wildman–Crippen LogP) is 2.06. The van der Waals surface area contributed by atoms with Crippen LogP contribution in [0.3, 0.4) is 0 Å². The van der Waals surface area contributed by atoms with E-state index < -0.39 is 10.0 Å². The Balaban J connectivity index is 2.15. The molecule has 1 aliphatic rings. The van der Waals surface area contributed by atoms with E-state index in [-0.39, 0.29) is 5.09 Å². The van der Waals surface area contributed by atoms with Crippen LogP contribution in [0.2, 0.25) is 0 Å². The number of piperidine rings is 1. The van der Waals surface area contributed by atoms with Gasteiger partial charge in [-0.2, -0.15) is 4.31 Å². The van der Waals surface area contributed by atoms with Gasteiger partial charge in [0.25, 0.3) is 10.0 Å². The molecule has 0 amide bonds. The van der Waals surface area contributed by atoms with E-state index in [2.05, 4.69) is 19.2 Å². The Bertz CT molecular complexity index is 528. The Hall–Kier alpha value is -0.850. The van der Waals surface area contributed by atoms with Crippen molar-refractivity contribution in [1.82, 2.24) is 9.62 Å². The fraction of sp³-hybridized carbons (Fsp3) is 0.714. The van der Waals surface area contributed by atoms with Crippen molar-refractivity contribution in [3.8, 4) is 0 Å². The molecule has 114 valence electrons. The van der Waals surface area contributed by atoms with Gasteiger partial charge in [-0.25, -0.2) is 8.42 Å². The lowest BCUT2D eigenvalue weighted by atomic mass is 9.94. The topological polar surface area (TPSA) is 62.6 Å². The van der Waals surface area contributed by atoms with E-state index in [0.29, 0.717) is 37.2 Å². The van der Waals surface area contributed by atoms with Gasteiger partial charge in [-0.15, -0.1) is 0 Å². The van der Waals surface area contributed by atoms with Crippen LogP contribution in [-0.4, -0.2) is 32.4 Å². The number of furan rings is 1. The maximum Gasteiger partial charge on any atom is 0.276 e. The molecule has 1 saturated heterocycles. The van der Waals surface area contributed by atoms with Crippen molar-refractivity contribution in [3.63, 3.8) is 0 Å². The van der Waals surface area contributed by atoms with E-state index in [4.69, 9.17) is 4.42 Å². The van der Waals surface area contributed by atoms with Crippen LogP contribution in [0.1, 0.15) is 33.0 Å². The Morgan fingerprint density at radius 2 is 1.95 bits per heavy atom. The van der Waals surface area contributed by atoms with Crippen molar-refractivity contribution in [2.75, 3.05) is 19.6 Å². The summed E-state index contributed by atoms with van der Waals surface area (Å²) in [5.41, 5.74) is 0. The smallest absolute Gasteiger partial charge is 0.276 e. The first-order valence-electron chi connectivity index (χ1n) is 7.23. The minimum absolute atomic E-state index is 0.0618. The second-order valence-electron chi connectivity index (χ2n) is 5.77. The Kier molecular flexibility index (Phi) is 4.88. The molecular weight excluding hydrogens is 276 g/mol. The summed E-state index contributed by atoms with van der Waals surface area (Å²) in [6.07, 6.45) is 1.08. The molecule has 1 aromatic heterocycles. The fourth-order valence-corrected chi connectivity index (χ4v) is 4.38. The molecule has 1 aromatic rings. The van der Waals surface area contributed by atoms with E-state index >= 15 is 0 Å². The minimum atomic E-state index is -3.49. The molecule has 2 unspecified atom stereocenters. The van der Waals surface area contributed by atoms with E-state index in [0.717, 1.165) is 13.0 Å². The molecule has 2 rings (SSSR count). The number of hydrogen-bond donors (Lipinski definition) is 1. The summed E-state index contributed by atoms with van der Waals surface area (Å²) in [6.45, 7) is 8.72. The van der Waals surface area contributed by atoms with E-state index in [1.807, 2.05) is 6.92 Å². The lowest BCUT2D eigenvalue weighted by molar-refractivity contribution is 0.218. The highest BCUT2D eigenvalue weighted by molar-refractivity contribution is 7.89. The summed E-state index contributed by atoms with van der Waals surface area (Å²) < 4.78 is 32.2. The molecule has 5 nitrogen and oxygen atoms in total. The molecule has 0 aliphatic carbocycles. The molecule has 0 radical (unpaired) electrons. The first-order valence-corrected chi connectivity index (χ1v) is 8.67. The minimum Gasteiger partial charge on any atom is -0.447 e. The summed E-state index contributed by atoms with van der Waals surface area (Å²) in [5.74, 6) is 1.44. The van der Waals surface area contributed by atoms with Gasteiger partial charge in [-0.05, 0) is 36.9 Å². The molecule has 1 fully saturated rings. The Labute approximate surface area is 121 Å². The molecule has 0 bridgehead atoms. The van der Waals surface area contributed by atoms with Crippen LogP contribution >= 0.6 is 0 Å². The highest BCUT2D eigenvalue weighted by Crippen LogP contribution is 2.27. The number of hydrogen-bond acceptors (Lipinski definition) is 4. The molecule has 0 aromatic carbocycles. The van der Waals surface area contributed by atoms with Crippen LogP contribution in [0.4, 0.5) is 0 Å². The zero-order chi connectivity index (χ0) is 14.8. The van der Waals surface area contributed by atoms with Gasteiger partial charge in [-0.3, -0.25) is 0 Å². The molecule has 20 heavy (non-hydrogen) atoms. The summed E-state index contributed by atoms with van der Waals surface area (Å²) in [7, 11) is -3.49. The van der Waals surface area contributed by atoms with Gasteiger partial charge in [0.15, 0.2) is 0 Å². The van der Waals surface area contributed by atoms with Crippen molar-refractivity contribution in [2.45, 2.75) is 38.8 Å². The zero-order valence-electron chi connectivity index (χ0n) is 12.4. The average molecular weight is 300 g/mol. The average Bonchev–Trinajstić information content (AvgIpc) is 2.84. The van der Waals surface area contributed by atoms with Crippen LogP contribution in [0, 0.1) is 11.8 Å². The van der Waals surface area contributed by atoms with Gasteiger partial charge < -0.3 is 9.73 Å². The standard InChI is InChI=1S/C14H24N2O3S/c1-4-15-8-13-5-6-14(19-13)20(17,18)16-9-11(2)7-12(3)10-16/h5-6,11-12,15H,4,7-10H2,1-3H3. The van der Waals surface area contributed by atoms with Gasteiger partial charge in [0.05, 0.1) is 6.54 Å². The third-order valence-electron chi connectivity index (χ3n) is 3.62. The molecule has 0 saturated carbocycles. The largest absolute Gasteiger partial charge is 0.447 e. The first kappa shape index (κ1) is 15.5. The van der Waals surface area contributed by atoms with Crippen LogP contribution in [0.5, 0.6) is 0 Å². The van der Waals surface area contributed by atoms with Gasteiger partial charge in [0, 0.05) is 13.1 Å². The zero-order valence-corrected chi connectivity index (χ0v) is 13.2. The molecule has 1 N–H and O–H groups in total. The normalized spacial score (nSPS) is 24.9. The Morgan fingerprint density at radius 1 is 1.30 bits per heavy atom. The second-order valence-corrected chi connectivity index (χ2v) is 7.64. The lowest BCUT2D eigenvalue weighted by Gasteiger charge is -2.33. The third-order valence-corrected chi connectivity index (χ3v) is 5.32.